The van der Waals surface area contributed by atoms with Crippen LogP contribution < -0.4 is 4.74 Å². The molecule has 1 N–H and O–H groups in total. The molecule has 2 saturated carbocycles. The summed E-state index contributed by atoms with van der Waals surface area (Å²) < 4.78 is 5.38. The minimum absolute atomic E-state index is 0.0410. The van der Waals surface area contributed by atoms with Gasteiger partial charge in [-0.05, 0) is 67.6 Å². The maximum absolute atomic E-state index is 13.4. The Morgan fingerprint density at radius 3 is 3.03 bits per heavy atom. The number of benzene rings is 1. The standard InChI is InChI=1S/C24H28ClN3O2/c1-14(18-11-27-19-5-6-20(30-2)23(25)22(18)19)7-21(29)28-12-16-4-3-15-8-17(28)10-24(16,9-15)13-26/h5-6,11,14-17,27H,3-4,7-10,12H2,1-2H3. The van der Waals surface area contributed by atoms with Gasteiger partial charge in [0.05, 0.1) is 23.6 Å². The van der Waals surface area contributed by atoms with Crippen molar-refractivity contribution in [2.45, 2.75) is 57.4 Å². The number of carbonyl (C=O) groups is 1. The van der Waals surface area contributed by atoms with E-state index >= 15 is 0 Å². The number of piperidine rings is 1. The van der Waals surface area contributed by atoms with Crippen molar-refractivity contribution in [3.63, 3.8) is 0 Å². The Labute approximate surface area is 182 Å². The second-order valence-corrected chi connectivity index (χ2v) is 9.98. The first-order chi connectivity index (χ1) is 14.5. The molecule has 1 amide bonds. The van der Waals surface area contributed by atoms with Gasteiger partial charge < -0.3 is 14.6 Å². The van der Waals surface area contributed by atoms with Gasteiger partial charge in [0.2, 0.25) is 5.91 Å². The number of H-pyrrole nitrogens is 1. The zero-order chi connectivity index (χ0) is 21.0. The highest BCUT2D eigenvalue weighted by molar-refractivity contribution is 6.37. The van der Waals surface area contributed by atoms with Crippen LogP contribution in [-0.2, 0) is 4.79 Å². The lowest BCUT2D eigenvalue weighted by atomic mass is 9.54. The molecule has 1 aromatic carbocycles. The van der Waals surface area contributed by atoms with Crippen LogP contribution in [0.1, 0.15) is 56.9 Å². The number of hydrogen-bond donors (Lipinski definition) is 1. The van der Waals surface area contributed by atoms with Gasteiger partial charge in [-0.1, -0.05) is 18.5 Å². The Balaban J connectivity index is 1.38. The van der Waals surface area contributed by atoms with Crippen molar-refractivity contribution in [3.8, 4) is 11.8 Å². The predicted molar refractivity (Wildman–Crippen MR) is 117 cm³/mol. The van der Waals surface area contributed by atoms with E-state index in [1.807, 2.05) is 18.3 Å². The highest BCUT2D eigenvalue weighted by atomic mass is 35.5. The fraction of sp³-hybridized carbons (Fsp3) is 0.583. The molecular formula is C24H28ClN3O2. The van der Waals surface area contributed by atoms with Gasteiger partial charge in [-0.2, -0.15) is 5.26 Å². The number of aromatic amines is 1. The quantitative estimate of drug-likeness (QED) is 0.726. The van der Waals surface area contributed by atoms with Gasteiger partial charge in [0.25, 0.3) is 0 Å². The lowest BCUT2D eigenvalue weighted by molar-refractivity contribution is -0.146. The number of amides is 1. The average molecular weight is 426 g/mol. The number of ether oxygens (including phenoxy) is 1. The predicted octanol–water partition coefficient (Wildman–Crippen LogP) is 5.25. The van der Waals surface area contributed by atoms with Crippen molar-refractivity contribution < 1.29 is 9.53 Å². The average Bonchev–Trinajstić information content (AvgIpc) is 3.17. The Bertz CT molecular complexity index is 1040. The fourth-order valence-corrected chi connectivity index (χ4v) is 6.79. The lowest BCUT2D eigenvalue weighted by Gasteiger charge is -2.57. The zero-order valence-electron chi connectivity index (χ0n) is 17.6. The van der Waals surface area contributed by atoms with Crippen molar-refractivity contribution in [1.82, 2.24) is 9.88 Å². The number of halogens is 1. The first-order valence-corrected chi connectivity index (χ1v) is 11.4. The number of nitrogens with zero attached hydrogens (tertiary/aromatic N) is 2. The van der Waals surface area contributed by atoms with E-state index in [0.29, 0.717) is 29.0 Å². The number of rotatable bonds is 4. The molecular weight excluding hydrogens is 398 g/mol. The molecule has 0 spiro atoms. The van der Waals surface area contributed by atoms with Gasteiger partial charge in [-0.3, -0.25) is 4.79 Å². The fourth-order valence-electron chi connectivity index (χ4n) is 6.44. The molecule has 5 nitrogen and oxygen atoms in total. The Morgan fingerprint density at radius 1 is 1.43 bits per heavy atom. The largest absolute Gasteiger partial charge is 0.495 e. The van der Waals surface area contributed by atoms with Crippen molar-refractivity contribution in [2.24, 2.45) is 17.3 Å². The first kappa shape index (κ1) is 19.8. The molecule has 5 unspecified atom stereocenters. The van der Waals surface area contributed by atoms with E-state index in [1.54, 1.807) is 7.11 Å². The Hall–Kier alpha value is -2.19. The lowest BCUT2D eigenvalue weighted by Crippen LogP contribution is -2.60. The van der Waals surface area contributed by atoms with Gasteiger partial charge in [0.1, 0.15) is 5.75 Å². The number of likely N-dealkylation sites (tertiary alicyclic amines) is 1. The van der Waals surface area contributed by atoms with Crippen LogP contribution in [0.25, 0.3) is 10.9 Å². The molecule has 0 radical (unpaired) electrons. The maximum atomic E-state index is 13.4. The van der Waals surface area contributed by atoms with Crippen molar-refractivity contribution in [2.75, 3.05) is 13.7 Å². The van der Waals surface area contributed by atoms with Gasteiger partial charge in [0.15, 0.2) is 0 Å². The molecule has 6 heteroatoms. The molecule has 5 atom stereocenters. The second-order valence-electron chi connectivity index (χ2n) is 9.61. The minimum Gasteiger partial charge on any atom is -0.495 e. The molecule has 158 valence electrons. The highest BCUT2D eigenvalue weighted by Crippen LogP contribution is 2.56. The molecule has 3 fully saturated rings. The van der Waals surface area contributed by atoms with Crippen molar-refractivity contribution in [3.05, 3.63) is 28.9 Å². The molecule has 2 heterocycles. The van der Waals surface area contributed by atoms with Crippen LogP contribution in [0.5, 0.6) is 5.75 Å². The molecule has 2 aliphatic carbocycles. The second kappa shape index (κ2) is 7.20. The van der Waals surface area contributed by atoms with Gasteiger partial charge in [-0.25, -0.2) is 0 Å². The third-order valence-corrected chi connectivity index (χ3v) is 8.35. The van der Waals surface area contributed by atoms with E-state index in [-0.39, 0.29) is 23.3 Å². The van der Waals surface area contributed by atoms with E-state index in [9.17, 15) is 10.1 Å². The summed E-state index contributed by atoms with van der Waals surface area (Å²) in [7, 11) is 1.61. The van der Waals surface area contributed by atoms with E-state index in [0.717, 1.165) is 48.7 Å². The van der Waals surface area contributed by atoms with Crippen LogP contribution in [0.15, 0.2) is 18.3 Å². The molecule has 1 saturated heterocycles. The molecule has 2 aromatic rings. The minimum atomic E-state index is -0.185. The molecule has 30 heavy (non-hydrogen) atoms. The number of nitriles is 1. The molecule has 1 aromatic heterocycles. The molecule has 3 bridgehead atoms. The van der Waals surface area contributed by atoms with Crippen molar-refractivity contribution in [1.29, 1.82) is 5.26 Å². The number of hydrogen-bond acceptors (Lipinski definition) is 3. The number of nitrogens with one attached hydrogen (secondary N) is 1. The van der Waals surface area contributed by atoms with Crippen LogP contribution in [0.3, 0.4) is 0 Å². The summed E-state index contributed by atoms with van der Waals surface area (Å²) in [4.78, 5) is 18.8. The first-order valence-electron chi connectivity index (χ1n) is 11.0. The smallest absolute Gasteiger partial charge is 0.223 e. The van der Waals surface area contributed by atoms with Crippen molar-refractivity contribution >= 4 is 28.4 Å². The Kier molecular flexibility index (Phi) is 4.74. The summed E-state index contributed by atoms with van der Waals surface area (Å²) >= 11 is 6.59. The zero-order valence-corrected chi connectivity index (χ0v) is 18.3. The summed E-state index contributed by atoms with van der Waals surface area (Å²) in [5.74, 6) is 1.83. The van der Waals surface area contributed by atoms with Gasteiger partial charge >= 0.3 is 0 Å². The summed E-state index contributed by atoms with van der Waals surface area (Å²) in [5.41, 5.74) is 1.82. The molecule has 1 aliphatic heterocycles. The summed E-state index contributed by atoms with van der Waals surface area (Å²) in [6, 6.07) is 6.72. The van der Waals surface area contributed by atoms with Crippen LogP contribution in [-0.4, -0.2) is 35.5 Å². The Morgan fingerprint density at radius 2 is 2.27 bits per heavy atom. The number of carbonyl (C=O) groups excluding carboxylic acids is 1. The van der Waals surface area contributed by atoms with Crippen LogP contribution >= 0.6 is 11.6 Å². The van der Waals surface area contributed by atoms with Crippen LogP contribution in [0, 0.1) is 28.6 Å². The molecule has 3 aliphatic rings. The highest BCUT2D eigenvalue weighted by Gasteiger charge is 2.55. The van der Waals surface area contributed by atoms with Crippen LogP contribution in [0.2, 0.25) is 5.02 Å². The normalized spacial score (nSPS) is 30.9. The topological polar surface area (TPSA) is 69.1 Å². The van der Waals surface area contributed by atoms with E-state index in [4.69, 9.17) is 16.3 Å². The van der Waals surface area contributed by atoms with Crippen LogP contribution in [0.4, 0.5) is 0 Å². The van der Waals surface area contributed by atoms with E-state index < -0.39 is 0 Å². The SMILES string of the molecule is COc1ccc2[nH]cc(C(C)CC(=O)N3CC4CCC5CC3CC4(C#N)C5)c2c1Cl. The van der Waals surface area contributed by atoms with Gasteiger partial charge in [0, 0.05) is 36.1 Å². The molecule has 5 rings (SSSR count). The summed E-state index contributed by atoms with van der Waals surface area (Å²) in [6.07, 6.45) is 7.69. The van der Waals surface area contributed by atoms with E-state index in [2.05, 4.69) is 22.9 Å². The summed E-state index contributed by atoms with van der Waals surface area (Å²) in [5, 5.41) is 11.4. The van der Waals surface area contributed by atoms with Gasteiger partial charge in [-0.15, -0.1) is 0 Å². The third-order valence-electron chi connectivity index (χ3n) is 7.97. The number of fused-ring (bicyclic) bond motifs is 3. The number of aromatic nitrogens is 1. The monoisotopic (exact) mass is 425 g/mol. The van der Waals surface area contributed by atoms with E-state index in [1.165, 1.54) is 6.42 Å². The maximum Gasteiger partial charge on any atom is 0.223 e. The third kappa shape index (κ3) is 2.92. The number of methoxy groups -OCH3 is 1. The summed E-state index contributed by atoms with van der Waals surface area (Å²) in [6.45, 7) is 2.84.